The predicted octanol–water partition coefficient (Wildman–Crippen LogP) is 7.08. The lowest BCUT2D eigenvalue weighted by Gasteiger charge is -2.58. The summed E-state index contributed by atoms with van der Waals surface area (Å²) in [5.74, 6) is 1.37. The highest BCUT2D eigenvalue weighted by molar-refractivity contribution is 6.74. The first-order valence-electron chi connectivity index (χ1n) is 19.1. The molecule has 0 N–H and O–H groups in total. The van der Waals surface area contributed by atoms with Crippen molar-refractivity contribution in [2.75, 3.05) is 54.2 Å². The molecule has 1 fully saturated rings. The molecule has 14 nitrogen and oxygen atoms in total. The maximum absolute atomic E-state index is 14.8. The highest BCUT2D eigenvalue weighted by Crippen LogP contribution is 2.55. The molecular formula is C42H57N3O11Si. The van der Waals surface area contributed by atoms with Crippen molar-refractivity contribution in [3.8, 4) is 34.8 Å². The minimum Gasteiger partial charge on any atom is -0.493 e. The van der Waals surface area contributed by atoms with E-state index in [9.17, 15) is 14.9 Å². The molecule has 0 unspecified atom stereocenters. The molecule has 2 aromatic carbocycles. The molecular weight excluding hydrogens is 751 g/mol. The van der Waals surface area contributed by atoms with Gasteiger partial charge in [-0.1, -0.05) is 52.1 Å². The number of amides is 1. The van der Waals surface area contributed by atoms with Crippen molar-refractivity contribution in [2.45, 2.75) is 96.3 Å². The highest BCUT2D eigenvalue weighted by Gasteiger charge is 2.59. The minimum absolute atomic E-state index is 0.00216. The Morgan fingerprint density at radius 3 is 2.37 bits per heavy atom. The smallest absolute Gasteiger partial charge is 0.411 e. The fraction of sp³-hybridized carbons (Fsp3) is 0.548. The van der Waals surface area contributed by atoms with E-state index in [-0.39, 0.29) is 51.5 Å². The first-order chi connectivity index (χ1) is 27.1. The number of piperazine rings is 1. The molecule has 15 heteroatoms. The van der Waals surface area contributed by atoms with Crippen LogP contribution >= 0.6 is 0 Å². The van der Waals surface area contributed by atoms with E-state index in [1.807, 2.05) is 24.8 Å². The first-order valence-corrected chi connectivity index (χ1v) is 22.0. The number of fused-ring (bicyclic) bond motifs is 5. The number of esters is 1. The summed E-state index contributed by atoms with van der Waals surface area (Å²) in [6, 6.07) is 1.27. The molecule has 1 saturated heterocycles. The summed E-state index contributed by atoms with van der Waals surface area (Å²) in [4.78, 5) is 32.7. The van der Waals surface area contributed by atoms with Crippen LogP contribution in [0.1, 0.15) is 67.6 Å². The van der Waals surface area contributed by atoms with Gasteiger partial charge in [0.2, 0.25) is 6.79 Å². The van der Waals surface area contributed by atoms with Crippen LogP contribution in [0.4, 0.5) is 4.79 Å². The maximum atomic E-state index is 14.8. The third kappa shape index (κ3) is 8.18. The molecule has 0 spiro atoms. The predicted molar refractivity (Wildman–Crippen MR) is 214 cm³/mol. The van der Waals surface area contributed by atoms with Crippen molar-refractivity contribution in [3.05, 3.63) is 65.3 Å². The van der Waals surface area contributed by atoms with Crippen molar-refractivity contribution in [3.63, 3.8) is 0 Å². The number of ether oxygens (including phenoxy) is 8. The SMILES string of the molecule is C=CCOC(=O)N1[C@@H]2Cc3cc(C)c(OC)c(OCC=C)c3[C@@H]1[C@H](CO[Si](C)(C)C(C)(C)C)N([C@H](C(=O)OCC)c1cc(OCOC)c(C)c3c1OCO3)[C@@H]2C#N. The third-order valence-corrected chi connectivity index (χ3v) is 15.8. The van der Waals surface area contributed by atoms with Crippen molar-refractivity contribution in [1.82, 2.24) is 9.80 Å². The summed E-state index contributed by atoms with van der Waals surface area (Å²) >= 11 is 0. The van der Waals surface area contributed by atoms with E-state index in [2.05, 4.69) is 53.1 Å². The number of hydrogen-bond acceptors (Lipinski definition) is 13. The Hall–Kier alpha value is -4.75. The number of carbonyl (C=O) groups is 2. The van der Waals surface area contributed by atoms with Gasteiger partial charge in [-0.25, -0.2) is 9.59 Å². The maximum Gasteiger partial charge on any atom is 0.411 e. The van der Waals surface area contributed by atoms with Crippen LogP contribution in [0.25, 0.3) is 0 Å². The molecule has 3 heterocycles. The molecule has 0 radical (unpaired) electrons. The number of benzene rings is 2. The fourth-order valence-corrected chi connectivity index (χ4v) is 8.73. The van der Waals surface area contributed by atoms with Gasteiger partial charge < -0.3 is 42.3 Å². The van der Waals surface area contributed by atoms with Crippen LogP contribution in [0.2, 0.25) is 18.1 Å². The van der Waals surface area contributed by atoms with Crippen LogP contribution in [-0.4, -0.2) is 103 Å². The molecule has 0 aliphatic carbocycles. The lowest BCUT2D eigenvalue weighted by Crippen LogP contribution is -2.70. The Labute approximate surface area is 337 Å². The Balaban J connectivity index is 1.89. The summed E-state index contributed by atoms with van der Waals surface area (Å²) in [6.45, 7) is 23.7. The largest absolute Gasteiger partial charge is 0.493 e. The average Bonchev–Trinajstić information content (AvgIpc) is 3.66. The number of rotatable bonds is 16. The minimum atomic E-state index is -2.54. The molecule has 0 saturated carbocycles. The van der Waals surface area contributed by atoms with Gasteiger partial charge in [-0.2, -0.15) is 5.26 Å². The number of hydrogen-bond donors (Lipinski definition) is 0. The average molecular weight is 808 g/mol. The standard InChI is InChI=1S/C42H57N3O11Si/c1-13-16-51-39-33-27(18-25(4)36(39)49-10)19-29-30(21-43)44(31(22-56-57(11,12)42(6,7)8)35(33)45(29)41(47)52-17-14-2)34(40(46)50-15-3)28-20-32(53-23-48-9)26(5)37-38(28)55-24-54-37/h13-14,18,20,29-31,34-35H,1-2,15-17,19,22-24H2,3-12H3/t29-,30-,31+,34+,35+/m1/s1. The van der Waals surface area contributed by atoms with Crippen LogP contribution < -0.4 is 23.7 Å². The summed E-state index contributed by atoms with van der Waals surface area (Å²) in [6.07, 6.45) is 2.69. The van der Waals surface area contributed by atoms with E-state index in [1.165, 1.54) is 13.2 Å². The summed E-state index contributed by atoms with van der Waals surface area (Å²) < 4.78 is 54.4. The Morgan fingerprint density at radius 1 is 1.05 bits per heavy atom. The van der Waals surface area contributed by atoms with Gasteiger partial charge >= 0.3 is 12.1 Å². The van der Waals surface area contributed by atoms with Crippen molar-refractivity contribution >= 4 is 20.4 Å². The van der Waals surface area contributed by atoms with Crippen molar-refractivity contribution in [2.24, 2.45) is 0 Å². The molecule has 5 rings (SSSR count). The monoisotopic (exact) mass is 807 g/mol. The molecule has 5 atom stereocenters. The Morgan fingerprint density at radius 2 is 1.75 bits per heavy atom. The number of nitriles is 1. The third-order valence-electron chi connectivity index (χ3n) is 11.3. The molecule has 1 amide bonds. The number of carbonyl (C=O) groups excluding carboxylic acids is 2. The lowest BCUT2D eigenvalue weighted by molar-refractivity contribution is -0.158. The molecule has 2 bridgehead atoms. The zero-order valence-electron chi connectivity index (χ0n) is 34.9. The second-order valence-electron chi connectivity index (χ2n) is 15.7. The van der Waals surface area contributed by atoms with Gasteiger partial charge in [-0.05, 0) is 62.5 Å². The van der Waals surface area contributed by atoms with Gasteiger partial charge in [-0.15, -0.1) is 0 Å². The van der Waals surface area contributed by atoms with Crippen molar-refractivity contribution < 1.29 is 51.9 Å². The van der Waals surface area contributed by atoms with E-state index < -0.39 is 50.6 Å². The van der Waals surface area contributed by atoms with E-state index in [0.717, 1.165) is 11.1 Å². The van der Waals surface area contributed by atoms with E-state index in [4.69, 9.17) is 42.3 Å². The molecule has 310 valence electrons. The molecule has 2 aromatic rings. The van der Waals surface area contributed by atoms with Gasteiger partial charge in [0.15, 0.2) is 38.1 Å². The number of nitrogens with zero attached hydrogens (tertiary/aromatic N) is 3. The normalized spacial score (nSPS) is 20.5. The zero-order valence-corrected chi connectivity index (χ0v) is 35.9. The topological polar surface area (TPSA) is 147 Å². The van der Waals surface area contributed by atoms with Gasteiger partial charge in [0, 0.05) is 23.8 Å². The van der Waals surface area contributed by atoms with Gasteiger partial charge in [0.1, 0.15) is 31.0 Å². The summed E-state index contributed by atoms with van der Waals surface area (Å²) in [5, 5.41) is 11.2. The van der Waals surface area contributed by atoms with Gasteiger partial charge in [0.05, 0.1) is 44.5 Å². The first kappa shape index (κ1) is 43.4. The van der Waals surface area contributed by atoms with Crippen LogP contribution in [-0.2, 0) is 29.9 Å². The summed E-state index contributed by atoms with van der Waals surface area (Å²) in [7, 11) is 0.531. The molecule has 57 heavy (non-hydrogen) atoms. The Kier molecular flexibility index (Phi) is 13.5. The van der Waals surface area contributed by atoms with Crippen LogP contribution in [0, 0.1) is 25.2 Å². The van der Waals surface area contributed by atoms with Crippen LogP contribution in [0.3, 0.4) is 0 Å². The van der Waals surface area contributed by atoms with Crippen molar-refractivity contribution in [1.29, 1.82) is 5.26 Å². The summed E-state index contributed by atoms with van der Waals surface area (Å²) in [5.41, 5.74) is 3.34. The quantitative estimate of drug-likeness (QED) is 0.0737. The second-order valence-corrected chi connectivity index (χ2v) is 20.5. The lowest BCUT2D eigenvalue weighted by atomic mass is 9.76. The number of methoxy groups -OCH3 is 2. The van der Waals surface area contributed by atoms with E-state index in [0.29, 0.717) is 45.4 Å². The highest BCUT2D eigenvalue weighted by atomic mass is 28.4. The van der Waals surface area contributed by atoms with E-state index >= 15 is 0 Å². The molecule has 3 aliphatic rings. The van der Waals surface area contributed by atoms with Crippen LogP contribution in [0.15, 0.2) is 37.4 Å². The van der Waals surface area contributed by atoms with Gasteiger partial charge in [-0.3, -0.25) is 9.80 Å². The zero-order chi connectivity index (χ0) is 41.8. The fourth-order valence-electron chi connectivity index (χ4n) is 7.71. The molecule has 0 aromatic heterocycles. The number of aryl methyl sites for hydroxylation is 1. The Bertz CT molecular complexity index is 1890. The van der Waals surface area contributed by atoms with E-state index in [1.54, 1.807) is 31.1 Å². The van der Waals surface area contributed by atoms with Crippen LogP contribution in [0.5, 0.6) is 28.7 Å². The van der Waals surface area contributed by atoms with Gasteiger partial charge in [0.25, 0.3) is 0 Å². The molecule has 3 aliphatic heterocycles. The second kappa shape index (κ2) is 17.8.